The van der Waals surface area contributed by atoms with E-state index >= 15 is 0 Å². The van der Waals surface area contributed by atoms with Crippen LogP contribution in [0.5, 0.6) is 5.88 Å². The van der Waals surface area contributed by atoms with Crippen LogP contribution in [0.4, 0.5) is 0 Å². The molecule has 144 valence electrons. The largest absolute Gasteiger partial charge is 0.472 e. The maximum atomic E-state index is 12.9. The number of aromatic nitrogens is 5. The molecule has 29 heavy (non-hydrogen) atoms. The highest BCUT2D eigenvalue weighted by atomic mass is 16.5. The van der Waals surface area contributed by atoms with Crippen LogP contribution >= 0.6 is 0 Å². The summed E-state index contributed by atoms with van der Waals surface area (Å²) in [6.07, 6.45) is 2.20. The van der Waals surface area contributed by atoms with Crippen LogP contribution < -0.4 is 4.74 Å². The highest BCUT2D eigenvalue weighted by molar-refractivity contribution is 5.95. The molecule has 0 aliphatic carbocycles. The predicted octanol–water partition coefficient (Wildman–Crippen LogP) is 2.50. The molecular formula is C21H18N6O2. The average Bonchev–Trinajstić information content (AvgIpc) is 3.46. The van der Waals surface area contributed by atoms with Gasteiger partial charge in [0.1, 0.15) is 12.4 Å². The Bertz CT molecular complexity index is 1160. The molecule has 0 spiro atoms. The van der Waals surface area contributed by atoms with Gasteiger partial charge >= 0.3 is 0 Å². The number of nitrogens with zero attached hydrogens (tertiary/aromatic N) is 6. The number of tetrazole rings is 1. The van der Waals surface area contributed by atoms with Gasteiger partial charge in [0, 0.05) is 30.0 Å². The van der Waals surface area contributed by atoms with E-state index < -0.39 is 0 Å². The Balaban J connectivity index is 1.27. The third kappa shape index (κ3) is 3.52. The molecule has 8 heteroatoms. The molecule has 1 fully saturated rings. The van der Waals surface area contributed by atoms with Crippen LogP contribution in [-0.2, 0) is 0 Å². The first kappa shape index (κ1) is 17.3. The molecule has 1 atom stereocenters. The molecule has 4 aromatic rings. The van der Waals surface area contributed by atoms with E-state index in [9.17, 15) is 4.79 Å². The fourth-order valence-electron chi connectivity index (χ4n) is 3.54. The molecule has 2 aromatic heterocycles. The molecule has 0 radical (unpaired) electrons. The van der Waals surface area contributed by atoms with Crippen molar-refractivity contribution in [2.75, 3.05) is 13.1 Å². The maximum Gasteiger partial charge on any atom is 0.254 e. The normalized spacial score (nSPS) is 16.3. The SMILES string of the molecule is O=C(c1cccc(-n2cnnn2)c1)N1CCC(Oc2ccc3ccccc3n2)C1. The lowest BCUT2D eigenvalue weighted by atomic mass is 10.2. The van der Waals surface area contributed by atoms with Gasteiger partial charge in [-0.05, 0) is 40.8 Å². The number of fused-ring (bicyclic) bond motifs is 1. The second kappa shape index (κ2) is 7.31. The van der Waals surface area contributed by atoms with Gasteiger partial charge in [-0.3, -0.25) is 4.79 Å². The number of hydrogen-bond acceptors (Lipinski definition) is 6. The van der Waals surface area contributed by atoms with Gasteiger partial charge in [0.15, 0.2) is 0 Å². The molecule has 0 bridgehead atoms. The summed E-state index contributed by atoms with van der Waals surface area (Å²) in [5, 5.41) is 12.2. The summed E-state index contributed by atoms with van der Waals surface area (Å²) < 4.78 is 7.57. The summed E-state index contributed by atoms with van der Waals surface area (Å²) in [7, 11) is 0. The van der Waals surface area contributed by atoms with Crippen molar-refractivity contribution in [2.24, 2.45) is 0 Å². The number of carbonyl (C=O) groups excluding carboxylic acids is 1. The highest BCUT2D eigenvalue weighted by Crippen LogP contribution is 2.22. The van der Waals surface area contributed by atoms with E-state index in [-0.39, 0.29) is 12.0 Å². The monoisotopic (exact) mass is 386 g/mol. The van der Waals surface area contributed by atoms with Gasteiger partial charge in [-0.15, -0.1) is 5.10 Å². The molecular weight excluding hydrogens is 368 g/mol. The summed E-state index contributed by atoms with van der Waals surface area (Å²) in [4.78, 5) is 19.3. The number of rotatable bonds is 4. The Morgan fingerprint density at radius 3 is 2.90 bits per heavy atom. The summed E-state index contributed by atoms with van der Waals surface area (Å²) in [6.45, 7) is 1.18. The van der Waals surface area contributed by atoms with Gasteiger partial charge < -0.3 is 9.64 Å². The molecule has 5 rings (SSSR count). The number of hydrogen-bond donors (Lipinski definition) is 0. The lowest BCUT2D eigenvalue weighted by Crippen LogP contribution is -2.31. The van der Waals surface area contributed by atoms with E-state index in [0.717, 1.165) is 23.0 Å². The van der Waals surface area contributed by atoms with E-state index in [1.165, 1.54) is 11.0 Å². The van der Waals surface area contributed by atoms with Crippen molar-refractivity contribution in [2.45, 2.75) is 12.5 Å². The van der Waals surface area contributed by atoms with Crippen LogP contribution in [0.3, 0.4) is 0 Å². The summed E-state index contributed by atoms with van der Waals surface area (Å²) in [6, 6.07) is 19.1. The third-order valence-corrected chi connectivity index (χ3v) is 5.00. The quantitative estimate of drug-likeness (QED) is 0.536. The topological polar surface area (TPSA) is 86.0 Å². The first-order chi connectivity index (χ1) is 14.3. The van der Waals surface area contributed by atoms with Crippen molar-refractivity contribution in [3.63, 3.8) is 0 Å². The Hall–Kier alpha value is -3.81. The van der Waals surface area contributed by atoms with Crippen LogP contribution in [0.25, 0.3) is 16.6 Å². The van der Waals surface area contributed by atoms with Crippen LogP contribution in [0, 0.1) is 0 Å². The Labute approximate surface area is 166 Å². The van der Waals surface area contributed by atoms with Gasteiger partial charge in [0.25, 0.3) is 5.91 Å². The van der Waals surface area contributed by atoms with Crippen molar-refractivity contribution < 1.29 is 9.53 Å². The zero-order chi connectivity index (χ0) is 19.6. The molecule has 0 N–H and O–H groups in total. The van der Waals surface area contributed by atoms with Gasteiger partial charge in [-0.25, -0.2) is 9.67 Å². The van der Waals surface area contributed by atoms with Crippen molar-refractivity contribution in [1.29, 1.82) is 0 Å². The summed E-state index contributed by atoms with van der Waals surface area (Å²) >= 11 is 0. The maximum absolute atomic E-state index is 12.9. The van der Waals surface area contributed by atoms with Crippen molar-refractivity contribution in [3.05, 3.63) is 72.6 Å². The molecule has 1 amide bonds. The smallest absolute Gasteiger partial charge is 0.254 e. The third-order valence-electron chi connectivity index (χ3n) is 5.00. The van der Waals surface area contributed by atoms with Crippen LogP contribution in [-0.4, -0.2) is 55.2 Å². The van der Waals surface area contributed by atoms with Gasteiger partial charge in [-0.2, -0.15) is 0 Å². The predicted molar refractivity (Wildman–Crippen MR) is 106 cm³/mol. The zero-order valence-electron chi connectivity index (χ0n) is 15.5. The second-order valence-electron chi connectivity index (χ2n) is 6.93. The van der Waals surface area contributed by atoms with Gasteiger partial charge in [0.2, 0.25) is 5.88 Å². The fourth-order valence-corrected chi connectivity index (χ4v) is 3.54. The molecule has 1 aliphatic heterocycles. The number of amides is 1. The molecule has 0 saturated carbocycles. The number of carbonyl (C=O) groups is 1. The lowest BCUT2D eigenvalue weighted by Gasteiger charge is -2.17. The fraction of sp³-hybridized carbons (Fsp3) is 0.190. The highest BCUT2D eigenvalue weighted by Gasteiger charge is 2.28. The van der Waals surface area contributed by atoms with Gasteiger partial charge in [-0.1, -0.05) is 24.3 Å². The van der Waals surface area contributed by atoms with Crippen molar-refractivity contribution in [3.8, 4) is 11.6 Å². The minimum absolute atomic E-state index is 0.0301. The number of pyridine rings is 1. The Kier molecular flexibility index (Phi) is 4.36. The number of likely N-dealkylation sites (tertiary alicyclic amines) is 1. The first-order valence-corrected chi connectivity index (χ1v) is 9.41. The summed E-state index contributed by atoms with van der Waals surface area (Å²) in [5.74, 6) is 0.557. The standard InChI is InChI=1S/C21H18N6O2/c28-21(16-5-3-6-17(12-16)27-14-22-24-25-27)26-11-10-18(13-26)29-20-9-8-15-4-1-2-7-19(15)23-20/h1-9,12,14,18H,10-11,13H2. The molecule has 8 nitrogen and oxygen atoms in total. The number of benzene rings is 2. The van der Waals surface area contributed by atoms with Crippen molar-refractivity contribution in [1.82, 2.24) is 30.1 Å². The van der Waals surface area contributed by atoms with Crippen LogP contribution in [0.1, 0.15) is 16.8 Å². The Morgan fingerprint density at radius 1 is 1.07 bits per heavy atom. The first-order valence-electron chi connectivity index (χ1n) is 9.41. The summed E-state index contributed by atoms with van der Waals surface area (Å²) in [5.41, 5.74) is 2.24. The molecule has 1 aliphatic rings. The molecule has 3 heterocycles. The van der Waals surface area contributed by atoms with Crippen LogP contribution in [0.2, 0.25) is 0 Å². The Morgan fingerprint density at radius 2 is 2.00 bits per heavy atom. The van der Waals surface area contributed by atoms with E-state index in [1.54, 1.807) is 12.1 Å². The van der Waals surface area contributed by atoms with Crippen molar-refractivity contribution >= 4 is 16.8 Å². The van der Waals surface area contributed by atoms with E-state index in [4.69, 9.17) is 4.74 Å². The zero-order valence-corrected chi connectivity index (χ0v) is 15.5. The number of para-hydroxylation sites is 1. The lowest BCUT2D eigenvalue weighted by molar-refractivity contribution is 0.0771. The van der Waals surface area contributed by atoms with Crippen LogP contribution in [0.15, 0.2) is 67.0 Å². The minimum Gasteiger partial charge on any atom is -0.472 e. The number of ether oxygens (including phenoxy) is 1. The van der Waals surface area contributed by atoms with E-state index in [0.29, 0.717) is 24.5 Å². The molecule has 1 saturated heterocycles. The van der Waals surface area contributed by atoms with E-state index in [2.05, 4.69) is 20.5 Å². The average molecular weight is 386 g/mol. The van der Waals surface area contributed by atoms with E-state index in [1.807, 2.05) is 53.4 Å². The van der Waals surface area contributed by atoms with Gasteiger partial charge in [0.05, 0.1) is 17.7 Å². The molecule has 2 aromatic carbocycles. The molecule has 1 unspecified atom stereocenters. The second-order valence-corrected chi connectivity index (χ2v) is 6.93. The minimum atomic E-state index is -0.0738.